The van der Waals surface area contributed by atoms with Gasteiger partial charge in [-0.25, -0.2) is 4.98 Å². The van der Waals surface area contributed by atoms with Gasteiger partial charge in [0.1, 0.15) is 5.82 Å². The molecule has 0 fully saturated rings. The Morgan fingerprint density at radius 1 is 1.47 bits per heavy atom. The van der Waals surface area contributed by atoms with Crippen molar-refractivity contribution >= 4 is 11.3 Å². The Morgan fingerprint density at radius 2 is 2.41 bits per heavy atom. The van der Waals surface area contributed by atoms with E-state index in [9.17, 15) is 4.79 Å². The standard InChI is InChI=1S/C12H13N3OS/c16-12-9-7-13-4-3-10(9)14-11(15-12)6-8-2-1-5-17-8/h1-2,5,13H,3-4,6-7H2,(H,14,15,16). The normalized spacial score (nSPS) is 14.6. The van der Waals surface area contributed by atoms with Crippen molar-refractivity contribution in [3.8, 4) is 0 Å². The predicted molar refractivity (Wildman–Crippen MR) is 67.4 cm³/mol. The lowest BCUT2D eigenvalue weighted by molar-refractivity contribution is 0.615. The average Bonchev–Trinajstić information content (AvgIpc) is 2.82. The Morgan fingerprint density at radius 3 is 3.24 bits per heavy atom. The highest BCUT2D eigenvalue weighted by Gasteiger charge is 2.15. The second kappa shape index (κ2) is 4.43. The van der Waals surface area contributed by atoms with Crippen LogP contribution in [0.15, 0.2) is 22.3 Å². The van der Waals surface area contributed by atoms with Crippen LogP contribution in [0.1, 0.15) is 22.0 Å². The molecule has 2 N–H and O–H groups in total. The zero-order valence-corrected chi connectivity index (χ0v) is 10.1. The molecule has 3 rings (SSSR count). The highest BCUT2D eigenvalue weighted by atomic mass is 32.1. The van der Waals surface area contributed by atoms with Crippen LogP contribution in [0.2, 0.25) is 0 Å². The third kappa shape index (κ3) is 2.16. The molecular weight excluding hydrogens is 234 g/mol. The van der Waals surface area contributed by atoms with Gasteiger partial charge in [-0.15, -0.1) is 11.3 Å². The van der Waals surface area contributed by atoms with Gasteiger partial charge in [0.25, 0.3) is 5.56 Å². The average molecular weight is 247 g/mol. The van der Waals surface area contributed by atoms with E-state index in [1.54, 1.807) is 11.3 Å². The Labute approximate surface area is 103 Å². The van der Waals surface area contributed by atoms with E-state index in [1.165, 1.54) is 4.88 Å². The van der Waals surface area contributed by atoms with Gasteiger partial charge in [-0.05, 0) is 11.4 Å². The lowest BCUT2D eigenvalue weighted by Gasteiger charge is -2.15. The molecular formula is C12H13N3OS. The van der Waals surface area contributed by atoms with E-state index < -0.39 is 0 Å². The SMILES string of the molecule is O=c1[nH]c(Cc2cccs2)nc2c1CNCC2. The summed E-state index contributed by atoms with van der Waals surface area (Å²) < 4.78 is 0. The second-order valence-corrected chi connectivity index (χ2v) is 5.15. The monoisotopic (exact) mass is 247 g/mol. The number of H-pyrrole nitrogens is 1. The first kappa shape index (κ1) is 10.7. The zero-order valence-electron chi connectivity index (χ0n) is 9.32. The molecule has 0 amide bonds. The fourth-order valence-electron chi connectivity index (χ4n) is 2.07. The van der Waals surface area contributed by atoms with Crippen LogP contribution in [0.3, 0.4) is 0 Å². The van der Waals surface area contributed by atoms with Crippen molar-refractivity contribution in [3.63, 3.8) is 0 Å². The molecule has 0 aliphatic carbocycles. The van der Waals surface area contributed by atoms with Crippen molar-refractivity contribution in [2.24, 2.45) is 0 Å². The summed E-state index contributed by atoms with van der Waals surface area (Å²) in [6, 6.07) is 4.08. The molecule has 0 unspecified atom stereocenters. The van der Waals surface area contributed by atoms with Gasteiger partial charge in [0.15, 0.2) is 0 Å². The van der Waals surface area contributed by atoms with Crippen LogP contribution >= 0.6 is 11.3 Å². The highest BCUT2D eigenvalue weighted by molar-refractivity contribution is 7.09. The quantitative estimate of drug-likeness (QED) is 0.834. The molecule has 1 aliphatic heterocycles. The maximum Gasteiger partial charge on any atom is 0.255 e. The summed E-state index contributed by atoms with van der Waals surface area (Å²) in [6.07, 6.45) is 1.56. The van der Waals surface area contributed by atoms with Crippen LogP contribution in [0, 0.1) is 0 Å². The predicted octanol–water partition coefficient (Wildman–Crippen LogP) is 1.07. The molecule has 0 radical (unpaired) electrons. The number of thiophene rings is 1. The largest absolute Gasteiger partial charge is 0.312 e. The maximum absolute atomic E-state index is 11.9. The second-order valence-electron chi connectivity index (χ2n) is 4.12. The van der Waals surface area contributed by atoms with Crippen LogP contribution in [0.5, 0.6) is 0 Å². The van der Waals surface area contributed by atoms with Gasteiger partial charge in [-0.3, -0.25) is 4.79 Å². The number of nitrogens with one attached hydrogen (secondary N) is 2. The van der Waals surface area contributed by atoms with Crippen molar-refractivity contribution in [3.05, 3.63) is 49.8 Å². The third-order valence-electron chi connectivity index (χ3n) is 2.91. The Kier molecular flexibility index (Phi) is 2.78. The smallest absolute Gasteiger partial charge is 0.255 e. The number of aromatic amines is 1. The van der Waals surface area contributed by atoms with Crippen molar-refractivity contribution in [1.29, 1.82) is 0 Å². The molecule has 2 aromatic rings. The van der Waals surface area contributed by atoms with E-state index in [4.69, 9.17) is 0 Å². The van der Waals surface area contributed by atoms with E-state index in [-0.39, 0.29) is 5.56 Å². The number of fused-ring (bicyclic) bond motifs is 1. The molecule has 0 bridgehead atoms. The number of hydrogen-bond acceptors (Lipinski definition) is 4. The van der Waals surface area contributed by atoms with E-state index >= 15 is 0 Å². The van der Waals surface area contributed by atoms with Gasteiger partial charge in [-0.1, -0.05) is 6.07 Å². The summed E-state index contributed by atoms with van der Waals surface area (Å²) in [6.45, 7) is 1.54. The molecule has 0 saturated carbocycles. The minimum Gasteiger partial charge on any atom is -0.312 e. The van der Waals surface area contributed by atoms with Crippen molar-refractivity contribution in [2.45, 2.75) is 19.4 Å². The first-order valence-electron chi connectivity index (χ1n) is 5.67. The minimum absolute atomic E-state index is 0.00811. The van der Waals surface area contributed by atoms with Crippen LogP contribution in [0.4, 0.5) is 0 Å². The van der Waals surface area contributed by atoms with Gasteiger partial charge >= 0.3 is 0 Å². The molecule has 5 heteroatoms. The van der Waals surface area contributed by atoms with Crippen LogP contribution in [0.25, 0.3) is 0 Å². The summed E-state index contributed by atoms with van der Waals surface area (Å²) in [5.41, 5.74) is 1.76. The Balaban J connectivity index is 1.96. The highest BCUT2D eigenvalue weighted by Crippen LogP contribution is 2.13. The number of rotatable bonds is 2. The van der Waals surface area contributed by atoms with Crippen LogP contribution in [-0.4, -0.2) is 16.5 Å². The maximum atomic E-state index is 11.9. The fourth-order valence-corrected chi connectivity index (χ4v) is 2.78. The summed E-state index contributed by atoms with van der Waals surface area (Å²) in [5.74, 6) is 0.776. The molecule has 17 heavy (non-hydrogen) atoms. The van der Waals surface area contributed by atoms with Gasteiger partial charge < -0.3 is 10.3 Å². The van der Waals surface area contributed by atoms with E-state index in [0.717, 1.165) is 30.0 Å². The van der Waals surface area contributed by atoms with Crippen LogP contribution < -0.4 is 10.9 Å². The first-order valence-corrected chi connectivity index (χ1v) is 6.55. The van der Waals surface area contributed by atoms with E-state index in [0.29, 0.717) is 13.0 Å². The lowest BCUT2D eigenvalue weighted by atomic mass is 10.1. The molecule has 0 aromatic carbocycles. The molecule has 0 spiro atoms. The fraction of sp³-hybridized carbons (Fsp3) is 0.333. The number of nitrogens with zero attached hydrogens (tertiary/aromatic N) is 1. The minimum atomic E-state index is 0.00811. The molecule has 0 saturated heterocycles. The topological polar surface area (TPSA) is 57.8 Å². The van der Waals surface area contributed by atoms with Gasteiger partial charge in [-0.2, -0.15) is 0 Å². The third-order valence-corrected chi connectivity index (χ3v) is 3.79. The van der Waals surface area contributed by atoms with Crippen LogP contribution in [-0.2, 0) is 19.4 Å². The summed E-state index contributed by atoms with van der Waals surface area (Å²) in [5, 5.41) is 5.23. The summed E-state index contributed by atoms with van der Waals surface area (Å²) in [4.78, 5) is 20.5. The molecule has 88 valence electrons. The molecule has 1 aliphatic rings. The van der Waals surface area contributed by atoms with Gasteiger partial charge in [0.05, 0.1) is 11.3 Å². The van der Waals surface area contributed by atoms with Gasteiger partial charge in [0.2, 0.25) is 0 Å². The first-order chi connectivity index (χ1) is 8.33. The molecule has 0 atom stereocenters. The Hall–Kier alpha value is -1.46. The summed E-state index contributed by atoms with van der Waals surface area (Å²) >= 11 is 1.69. The summed E-state index contributed by atoms with van der Waals surface area (Å²) in [7, 11) is 0. The molecule has 4 nitrogen and oxygen atoms in total. The van der Waals surface area contributed by atoms with Crippen molar-refractivity contribution in [2.75, 3.05) is 6.54 Å². The van der Waals surface area contributed by atoms with Gasteiger partial charge in [0, 0.05) is 30.8 Å². The van der Waals surface area contributed by atoms with E-state index in [2.05, 4.69) is 21.4 Å². The number of aromatic nitrogens is 2. The molecule has 2 aromatic heterocycles. The van der Waals surface area contributed by atoms with Crippen molar-refractivity contribution < 1.29 is 0 Å². The molecule has 3 heterocycles. The Bertz CT molecular complexity index is 574. The van der Waals surface area contributed by atoms with E-state index in [1.807, 2.05) is 11.4 Å². The zero-order chi connectivity index (χ0) is 11.7. The van der Waals surface area contributed by atoms with Crippen molar-refractivity contribution in [1.82, 2.24) is 15.3 Å². The lowest BCUT2D eigenvalue weighted by Crippen LogP contribution is -2.32. The number of hydrogen-bond donors (Lipinski definition) is 2.